The van der Waals surface area contributed by atoms with Gasteiger partial charge in [0.2, 0.25) is 5.65 Å². The molecular formula is C11H17N5O2. The smallest absolute Gasteiger partial charge is 0.203 e. The van der Waals surface area contributed by atoms with Crippen LogP contribution in [0, 0.1) is 0 Å². The Kier molecular flexibility index (Phi) is 4.86. The molecule has 0 aliphatic heterocycles. The van der Waals surface area contributed by atoms with Crippen molar-refractivity contribution in [2.45, 2.75) is 6.42 Å². The van der Waals surface area contributed by atoms with Crippen LogP contribution in [0.2, 0.25) is 0 Å². The average molecular weight is 251 g/mol. The Morgan fingerprint density at radius 2 is 2.28 bits per heavy atom. The van der Waals surface area contributed by atoms with Crippen molar-refractivity contribution < 1.29 is 9.47 Å². The number of methoxy groups -OCH3 is 1. The van der Waals surface area contributed by atoms with Crippen molar-refractivity contribution in [3.05, 3.63) is 18.7 Å². The fourth-order valence-corrected chi connectivity index (χ4v) is 1.51. The summed E-state index contributed by atoms with van der Waals surface area (Å²) in [7, 11) is 1.66. The van der Waals surface area contributed by atoms with Gasteiger partial charge in [-0.15, -0.1) is 10.2 Å². The molecule has 0 saturated heterocycles. The molecule has 2 aromatic heterocycles. The van der Waals surface area contributed by atoms with Crippen LogP contribution in [0.25, 0.3) is 5.65 Å². The second kappa shape index (κ2) is 6.87. The highest BCUT2D eigenvalue weighted by molar-refractivity contribution is 5.61. The molecule has 0 aliphatic rings. The molecule has 0 unspecified atom stereocenters. The maximum atomic E-state index is 5.37. The van der Waals surface area contributed by atoms with Gasteiger partial charge in [0.05, 0.1) is 13.2 Å². The Morgan fingerprint density at radius 3 is 3.17 bits per heavy atom. The van der Waals surface area contributed by atoms with E-state index >= 15 is 0 Å². The largest absolute Gasteiger partial charge is 0.382 e. The standard InChI is InChI=1S/C11H17N5O2/c1-17-7-8-18-6-2-3-12-10-11-15-14-9-16(11)5-4-13-10/h4-5,9H,2-3,6-8H2,1H3,(H,12,13). The first kappa shape index (κ1) is 12.7. The molecule has 0 fully saturated rings. The molecule has 0 radical (unpaired) electrons. The summed E-state index contributed by atoms with van der Waals surface area (Å²) in [6.45, 7) is 2.75. The van der Waals surface area contributed by atoms with Crippen LogP contribution < -0.4 is 5.32 Å². The van der Waals surface area contributed by atoms with Gasteiger partial charge < -0.3 is 14.8 Å². The Morgan fingerprint density at radius 1 is 1.33 bits per heavy atom. The van der Waals surface area contributed by atoms with Crippen LogP contribution in [0.3, 0.4) is 0 Å². The number of hydrogen-bond acceptors (Lipinski definition) is 6. The number of anilines is 1. The molecule has 0 saturated carbocycles. The van der Waals surface area contributed by atoms with E-state index < -0.39 is 0 Å². The quantitative estimate of drug-likeness (QED) is 0.692. The van der Waals surface area contributed by atoms with Gasteiger partial charge in [0.1, 0.15) is 6.33 Å². The highest BCUT2D eigenvalue weighted by Gasteiger charge is 2.03. The van der Waals surface area contributed by atoms with E-state index in [4.69, 9.17) is 9.47 Å². The Hall–Kier alpha value is -1.73. The summed E-state index contributed by atoms with van der Waals surface area (Å²) in [4.78, 5) is 4.23. The molecule has 2 rings (SSSR count). The third-order valence-corrected chi connectivity index (χ3v) is 2.41. The van der Waals surface area contributed by atoms with Gasteiger partial charge in [-0.1, -0.05) is 0 Å². The van der Waals surface area contributed by atoms with Gasteiger partial charge in [-0.05, 0) is 6.42 Å². The predicted molar refractivity (Wildman–Crippen MR) is 66.6 cm³/mol. The van der Waals surface area contributed by atoms with E-state index in [9.17, 15) is 0 Å². The number of ether oxygens (including phenoxy) is 2. The van der Waals surface area contributed by atoms with Gasteiger partial charge in [0.25, 0.3) is 0 Å². The highest BCUT2D eigenvalue weighted by atomic mass is 16.5. The van der Waals surface area contributed by atoms with Crippen molar-refractivity contribution >= 4 is 11.5 Å². The normalized spacial score (nSPS) is 10.9. The van der Waals surface area contributed by atoms with Crippen LogP contribution in [-0.4, -0.2) is 53.1 Å². The Labute approximate surface area is 105 Å². The van der Waals surface area contributed by atoms with E-state index in [0.29, 0.717) is 19.8 Å². The van der Waals surface area contributed by atoms with Crippen molar-refractivity contribution in [2.75, 3.05) is 38.8 Å². The summed E-state index contributed by atoms with van der Waals surface area (Å²) < 4.78 is 12.1. The fraction of sp³-hybridized carbons (Fsp3) is 0.545. The van der Waals surface area contributed by atoms with Gasteiger partial charge in [-0.2, -0.15) is 0 Å². The fourth-order valence-electron chi connectivity index (χ4n) is 1.51. The number of nitrogens with one attached hydrogen (secondary N) is 1. The minimum Gasteiger partial charge on any atom is -0.382 e. The molecule has 0 amide bonds. The van der Waals surface area contributed by atoms with Crippen LogP contribution in [0.15, 0.2) is 18.7 Å². The minimum atomic E-state index is 0.633. The molecule has 2 heterocycles. The van der Waals surface area contributed by atoms with Gasteiger partial charge in [0, 0.05) is 32.7 Å². The molecule has 0 bridgehead atoms. The van der Waals surface area contributed by atoms with Crippen LogP contribution in [0.5, 0.6) is 0 Å². The van der Waals surface area contributed by atoms with Crippen molar-refractivity contribution in [2.24, 2.45) is 0 Å². The van der Waals surface area contributed by atoms with Gasteiger partial charge in [-0.25, -0.2) is 4.98 Å². The maximum absolute atomic E-state index is 5.37. The van der Waals surface area contributed by atoms with E-state index in [0.717, 1.165) is 24.4 Å². The van der Waals surface area contributed by atoms with E-state index in [1.165, 1.54) is 0 Å². The van der Waals surface area contributed by atoms with Gasteiger partial charge >= 0.3 is 0 Å². The van der Waals surface area contributed by atoms with Crippen LogP contribution in [0.1, 0.15) is 6.42 Å². The SMILES string of the molecule is COCCOCCCNc1nccn2cnnc12. The lowest BCUT2D eigenvalue weighted by atomic mass is 10.4. The summed E-state index contributed by atoms with van der Waals surface area (Å²) in [5.74, 6) is 0.742. The first-order valence-corrected chi connectivity index (χ1v) is 5.86. The predicted octanol–water partition coefficient (Wildman–Crippen LogP) is 0.589. The molecule has 18 heavy (non-hydrogen) atoms. The number of hydrogen-bond donors (Lipinski definition) is 1. The highest BCUT2D eigenvalue weighted by Crippen LogP contribution is 2.09. The maximum Gasteiger partial charge on any atom is 0.203 e. The molecule has 7 heteroatoms. The molecule has 0 atom stereocenters. The summed E-state index contributed by atoms with van der Waals surface area (Å²) in [5, 5.41) is 11.1. The van der Waals surface area contributed by atoms with Crippen LogP contribution in [0.4, 0.5) is 5.82 Å². The first-order valence-electron chi connectivity index (χ1n) is 5.86. The molecule has 0 aliphatic carbocycles. The van der Waals surface area contributed by atoms with E-state index in [2.05, 4.69) is 20.5 Å². The van der Waals surface area contributed by atoms with E-state index in [1.807, 2.05) is 10.6 Å². The molecule has 7 nitrogen and oxygen atoms in total. The van der Waals surface area contributed by atoms with E-state index in [1.54, 1.807) is 19.6 Å². The zero-order valence-electron chi connectivity index (χ0n) is 10.4. The van der Waals surface area contributed by atoms with Crippen molar-refractivity contribution in [1.29, 1.82) is 0 Å². The van der Waals surface area contributed by atoms with Gasteiger partial charge in [0.15, 0.2) is 5.82 Å². The number of fused-ring (bicyclic) bond motifs is 1. The molecule has 98 valence electrons. The van der Waals surface area contributed by atoms with Crippen LogP contribution in [-0.2, 0) is 9.47 Å². The zero-order chi connectivity index (χ0) is 12.6. The second-order valence-electron chi connectivity index (χ2n) is 3.72. The average Bonchev–Trinajstić information content (AvgIpc) is 2.86. The van der Waals surface area contributed by atoms with Gasteiger partial charge in [-0.3, -0.25) is 4.40 Å². The van der Waals surface area contributed by atoms with Crippen molar-refractivity contribution in [3.8, 4) is 0 Å². The molecule has 2 aromatic rings. The van der Waals surface area contributed by atoms with Crippen molar-refractivity contribution in [3.63, 3.8) is 0 Å². The zero-order valence-corrected chi connectivity index (χ0v) is 10.4. The minimum absolute atomic E-state index is 0.633. The number of nitrogens with zero attached hydrogens (tertiary/aromatic N) is 4. The molecule has 1 N–H and O–H groups in total. The van der Waals surface area contributed by atoms with Crippen molar-refractivity contribution in [1.82, 2.24) is 19.6 Å². The Balaban J connectivity index is 1.72. The summed E-state index contributed by atoms with van der Waals surface area (Å²) in [5.41, 5.74) is 0.734. The third kappa shape index (κ3) is 3.38. The Bertz CT molecular complexity index is 473. The lowest BCUT2D eigenvalue weighted by Crippen LogP contribution is -2.09. The third-order valence-electron chi connectivity index (χ3n) is 2.41. The molecular weight excluding hydrogens is 234 g/mol. The molecule has 0 spiro atoms. The molecule has 0 aromatic carbocycles. The summed E-state index contributed by atoms with van der Waals surface area (Å²) >= 11 is 0. The van der Waals surface area contributed by atoms with E-state index in [-0.39, 0.29) is 0 Å². The number of rotatable bonds is 8. The summed E-state index contributed by atoms with van der Waals surface area (Å²) in [6.07, 6.45) is 6.08. The topological polar surface area (TPSA) is 73.6 Å². The number of aromatic nitrogens is 4. The second-order valence-corrected chi connectivity index (χ2v) is 3.72. The lowest BCUT2D eigenvalue weighted by Gasteiger charge is -2.06. The summed E-state index contributed by atoms with van der Waals surface area (Å²) in [6, 6.07) is 0. The monoisotopic (exact) mass is 251 g/mol. The first-order chi connectivity index (χ1) is 8.92. The van der Waals surface area contributed by atoms with Crippen LogP contribution >= 0.6 is 0 Å². The lowest BCUT2D eigenvalue weighted by molar-refractivity contribution is 0.0705.